The molecule has 4 rings (SSSR count). The summed E-state index contributed by atoms with van der Waals surface area (Å²) in [4.78, 5) is 37.2. The number of aryl methyl sites for hydroxylation is 1. The molecule has 0 fully saturated rings. The van der Waals surface area contributed by atoms with Crippen LogP contribution >= 0.6 is 15.9 Å². The van der Waals surface area contributed by atoms with E-state index in [1.165, 1.54) is 6.92 Å². The second-order valence-corrected chi connectivity index (χ2v) is 9.15. The molecule has 2 amide bonds. The van der Waals surface area contributed by atoms with Gasteiger partial charge in [0.2, 0.25) is 5.91 Å². The number of fused-ring (bicyclic) bond motifs is 1. The van der Waals surface area contributed by atoms with E-state index in [2.05, 4.69) is 26.6 Å². The van der Waals surface area contributed by atoms with Crippen molar-refractivity contribution in [3.05, 3.63) is 87.9 Å². The summed E-state index contributed by atoms with van der Waals surface area (Å²) < 4.78 is 0.861. The number of nitrogens with zero attached hydrogens (tertiary/aromatic N) is 1. The summed E-state index contributed by atoms with van der Waals surface area (Å²) in [5.41, 5.74) is 5.83. The van der Waals surface area contributed by atoms with Gasteiger partial charge in [-0.3, -0.25) is 14.4 Å². The third-order valence-corrected chi connectivity index (χ3v) is 6.34. The van der Waals surface area contributed by atoms with E-state index in [1.807, 2.05) is 66.7 Å². The molecule has 0 unspecified atom stereocenters. The second kappa shape index (κ2) is 10.1. The van der Waals surface area contributed by atoms with Gasteiger partial charge in [0.15, 0.2) is 0 Å². The number of carbonyl (C=O) groups excluding carboxylic acids is 2. The lowest BCUT2D eigenvalue weighted by Gasteiger charge is -2.18. The van der Waals surface area contributed by atoms with Crippen LogP contribution in [0.5, 0.6) is 0 Å². The van der Waals surface area contributed by atoms with Crippen LogP contribution in [0.1, 0.15) is 30.0 Å². The van der Waals surface area contributed by atoms with Crippen LogP contribution in [0.2, 0.25) is 0 Å². The number of carboxylic acids is 1. The summed E-state index contributed by atoms with van der Waals surface area (Å²) >= 11 is 3.45. The van der Waals surface area contributed by atoms with E-state index in [9.17, 15) is 14.4 Å². The van der Waals surface area contributed by atoms with Crippen molar-refractivity contribution >= 4 is 62.0 Å². The maximum atomic E-state index is 13.1. The highest BCUT2D eigenvalue weighted by molar-refractivity contribution is 9.10. The number of hydrogen-bond acceptors (Lipinski definition) is 4. The highest BCUT2D eigenvalue weighted by Crippen LogP contribution is 2.39. The topological polar surface area (TPSA) is 98.7 Å². The number of carbonyl (C=O) groups is 3. The molecule has 1 aliphatic rings. The number of carboxylic acid groups (broad SMARTS) is 1. The minimum absolute atomic E-state index is 0.0528. The van der Waals surface area contributed by atoms with Crippen molar-refractivity contribution in [2.45, 2.75) is 19.8 Å². The molecular formula is C27H24BrN3O4. The highest BCUT2D eigenvalue weighted by atomic mass is 79.9. The first-order valence-electron chi connectivity index (χ1n) is 11.0. The summed E-state index contributed by atoms with van der Waals surface area (Å²) in [5, 5.41) is 15.3. The zero-order valence-electron chi connectivity index (χ0n) is 19.3. The van der Waals surface area contributed by atoms with Crippen LogP contribution in [0.15, 0.2) is 71.2 Å². The fraction of sp³-hybridized carbons (Fsp3) is 0.148. The van der Waals surface area contributed by atoms with E-state index in [0.717, 1.165) is 38.2 Å². The van der Waals surface area contributed by atoms with Gasteiger partial charge >= 0.3 is 5.97 Å². The van der Waals surface area contributed by atoms with E-state index >= 15 is 0 Å². The number of rotatable bonds is 7. The first-order chi connectivity index (χ1) is 16.7. The molecule has 0 radical (unpaired) electrons. The van der Waals surface area contributed by atoms with Crippen LogP contribution in [-0.4, -0.2) is 29.9 Å². The Morgan fingerprint density at radius 3 is 2.34 bits per heavy atom. The SMILES string of the molecule is CC(=O)N(C)c1ccc(N/C(=C2\C(=O)Nc3cc(Br)ccc32)c2ccc(CCC(=O)O)cc2)cc1. The molecule has 0 spiro atoms. The van der Waals surface area contributed by atoms with Crippen LogP contribution in [0.3, 0.4) is 0 Å². The molecule has 0 saturated heterocycles. The van der Waals surface area contributed by atoms with Gasteiger partial charge in [0.1, 0.15) is 0 Å². The molecule has 1 aliphatic heterocycles. The molecule has 3 aromatic carbocycles. The smallest absolute Gasteiger partial charge is 0.303 e. The third kappa shape index (κ3) is 5.44. The maximum absolute atomic E-state index is 13.1. The molecule has 8 heteroatoms. The molecule has 0 atom stereocenters. The van der Waals surface area contributed by atoms with Crippen molar-refractivity contribution in [1.82, 2.24) is 0 Å². The Labute approximate surface area is 211 Å². The summed E-state index contributed by atoms with van der Waals surface area (Å²) in [6.07, 6.45) is 0.481. The Bertz CT molecular complexity index is 1330. The maximum Gasteiger partial charge on any atom is 0.303 e. The third-order valence-electron chi connectivity index (χ3n) is 5.84. The lowest BCUT2D eigenvalue weighted by atomic mass is 9.98. The van der Waals surface area contributed by atoms with E-state index < -0.39 is 5.97 Å². The van der Waals surface area contributed by atoms with Gasteiger partial charge in [-0.25, -0.2) is 0 Å². The summed E-state index contributed by atoms with van der Waals surface area (Å²) in [6.45, 7) is 1.50. The zero-order valence-corrected chi connectivity index (χ0v) is 20.8. The van der Waals surface area contributed by atoms with Crippen molar-refractivity contribution < 1.29 is 19.5 Å². The van der Waals surface area contributed by atoms with Crippen LogP contribution < -0.4 is 15.5 Å². The number of hydrogen-bond donors (Lipinski definition) is 3. The van der Waals surface area contributed by atoms with Gasteiger partial charge in [-0.15, -0.1) is 0 Å². The molecule has 0 aromatic heterocycles. The first kappa shape index (κ1) is 24.2. The predicted octanol–water partition coefficient (Wildman–Crippen LogP) is 5.38. The molecule has 3 aromatic rings. The van der Waals surface area contributed by atoms with Gasteiger partial charge in [0, 0.05) is 41.8 Å². The molecule has 3 N–H and O–H groups in total. The van der Waals surface area contributed by atoms with Crippen molar-refractivity contribution in [3.8, 4) is 0 Å². The Morgan fingerprint density at radius 2 is 1.71 bits per heavy atom. The lowest BCUT2D eigenvalue weighted by molar-refractivity contribution is -0.137. The van der Waals surface area contributed by atoms with E-state index in [0.29, 0.717) is 17.7 Å². The summed E-state index contributed by atoms with van der Waals surface area (Å²) in [7, 11) is 1.71. The molecule has 178 valence electrons. The zero-order chi connectivity index (χ0) is 25.1. The first-order valence-corrected chi connectivity index (χ1v) is 11.8. The fourth-order valence-corrected chi connectivity index (χ4v) is 4.22. The average Bonchev–Trinajstić information content (AvgIpc) is 3.16. The van der Waals surface area contributed by atoms with E-state index in [1.54, 1.807) is 11.9 Å². The Hall–Kier alpha value is -3.91. The monoisotopic (exact) mass is 533 g/mol. The fourth-order valence-electron chi connectivity index (χ4n) is 3.86. The van der Waals surface area contributed by atoms with Crippen LogP contribution in [0, 0.1) is 0 Å². The number of aliphatic carboxylic acids is 1. The standard InChI is InChI=1S/C27H24BrN3O4/c1-16(32)31(2)21-11-9-20(10-12-21)29-26(18-6-3-17(4-7-18)5-14-24(33)34)25-22-13-8-19(28)15-23(22)30-27(25)35/h3-4,6-13,15,29H,5,14H2,1-2H3,(H,30,35)(H,33,34)/b26-25-. The molecule has 0 saturated carbocycles. The number of nitrogens with one attached hydrogen (secondary N) is 2. The van der Waals surface area contributed by atoms with Crippen LogP contribution in [0.4, 0.5) is 17.1 Å². The average molecular weight is 534 g/mol. The van der Waals surface area contributed by atoms with Gasteiger partial charge in [0.05, 0.1) is 17.0 Å². The van der Waals surface area contributed by atoms with Gasteiger partial charge in [0.25, 0.3) is 5.91 Å². The van der Waals surface area contributed by atoms with E-state index in [-0.39, 0.29) is 18.2 Å². The lowest BCUT2D eigenvalue weighted by Crippen LogP contribution is -2.22. The number of benzene rings is 3. The van der Waals surface area contributed by atoms with Crippen molar-refractivity contribution in [1.29, 1.82) is 0 Å². The molecule has 0 aliphatic carbocycles. The van der Waals surface area contributed by atoms with Crippen LogP contribution in [-0.2, 0) is 20.8 Å². The predicted molar refractivity (Wildman–Crippen MR) is 141 cm³/mol. The van der Waals surface area contributed by atoms with Gasteiger partial charge in [-0.05, 0) is 53.9 Å². The largest absolute Gasteiger partial charge is 0.481 e. The van der Waals surface area contributed by atoms with E-state index in [4.69, 9.17) is 5.11 Å². The summed E-state index contributed by atoms with van der Waals surface area (Å²) in [5.74, 6) is -1.13. The molecule has 7 nitrogen and oxygen atoms in total. The normalized spacial score (nSPS) is 13.6. The minimum Gasteiger partial charge on any atom is -0.481 e. The van der Waals surface area contributed by atoms with Gasteiger partial charge < -0.3 is 20.6 Å². The Kier molecular flexibility index (Phi) is 7.02. The second-order valence-electron chi connectivity index (χ2n) is 8.23. The Balaban J connectivity index is 1.75. The number of halogens is 1. The Morgan fingerprint density at radius 1 is 1.03 bits per heavy atom. The van der Waals surface area contributed by atoms with Crippen molar-refractivity contribution in [2.75, 3.05) is 22.6 Å². The molecule has 1 heterocycles. The highest BCUT2D eigenvalue weighted by Gasteiger charge is 2.28. The minimum atomic E-state index is -0.845. The van der Waals surface area contributed by atoms with Crippen molar-refractivity contribution in [2.24, 2.45) is 0 Å². The van der Waals surface area contributed by atoms with Crippen LogP contribution in [0.25, 0.3) is 11.3 Å². The summed E-state index contributed by atoms with van der Waals surface area (Å²) in [6, 6.07) is 20.5. The van der Waals surface area contributed by atoms with Gasteiger partial charge in [-0.2, -0.15) is 0 Å². The van der Waals surface area contributed by atoms with Crippen molar-refractivity contribution in [3.63, 3.8) is 0 Å². The molecule has 0 bridgehead atoms. The quantitative estimate of drug-likeness (QED) is 0.354. The van der Waals surface area contributed by atoms with Gasteiger partial charge in [-0.1, -0.05) is 46.3 Å². The number of anilines is 3. The molecule has 35 heavy (non-hydrogen) atoms. The molecular weight excluding hydrogens is 510 g/mol. The number of amides is 2.